The molecule has 1 amide bonds. The predicted molar refractivity (Wildman–Crippen MR) is 111 cm³/mol. The van der Waals surface area contributed by atoms with Crippen molar-refractivity contribution in [1.29, 1.82) is 0 Å². The van der Waals surface area contributed by atoms with Crippen LogP contribution in [0.2, 0.25) is 0 Å². The van der Waals surface area contributed by atoms with Crippen molar-refractivity contribution in [2.45, 2.75) is 57.4 Å². The second-order valence-electron chi connectivity index (χ2n) is 8.86. The summed E-state index contributed by atoms with van der Waals surface area (Å²) in [5.41, 5.74) is 5.62. The highest BCUT2D eigenvalue weighted by molar-refractivity contribution is 6.00. The molecule has 5 rings (SSSR count). The van der Waals surface area contributed by atoms with Crippen molar-refractivity contribution >= 4 is 5.91 Å². The van der Waals surface area contributed by atoms with Crippen molar-refractivity contribution < 1.29 is 9.21 Å². The van der Waals surface area contributed by atoms with Gasteiger partial charge in [-0.25, -0.2) is 0 Å². The number of carbonyl (C=O) groups is 1. The first-order chi connectivity index (χ1) is 13.9. The lowest BCUT2D eigenvalue weighted by Gasteiger charge is -2.35. The summed E-state index contributed by atoms with van der Waals surface area (Å²) >= 11 is 0. The van der Waals surface area contributed by atoms with Crippen LogP contribution in [-0.4, -0.2) is 16.1 Å². The maximum absolute atomic E-state index is 13.2. The molecule has 0 radical (unpaired) electrons. The van der Waals surface area contributed by atoms with E-state index in [-0.39, 0.29) is 17.4 Å². The van der Waals surface area contributed by atoms with Crippen LogP contribution >= 0.6 is 0 Å². The number of aryl methyl sites for hydroxylation is 1. The zero-order chi connectivity index (χ0) is 20.2. The topological polar surface area (TPSA) is 68.0 Å². The van der Waals surface area contributed by atoms with Crippen LogP contribution in [0.25, 0.3) is 11.5 Å². The zero-order valence-corrected chi connectivity index (χ0v) is 17.0. The SMILES string of the molecule is Cc1nnc(-c2ccccc2C(=O)NC2CC3CCC(C)(C)c4cccc2c43)o1. The van der Waals surface area contributed by atoms with Gasteiger partial charge in [-0.1, -0.05) is 44.2 Å². The Kier molecular flexibility index (Phi) is 4.09. The molecule has 1 N–H and O–H groups in total. The molecule has 2 aliphatic rings. The Hall–Kier alpha value is -2.95. The first kappa shape index (κ1) is 18.1. The third-order valence-electron chi connectivity index (χ3n) is 6.52. The third kappa shape index (κ3) is 2.96. The summed E-state index contributed by atoms with van der Waals surface area (Å²) in [7, 11) is 0. The van der Waals surface area contributed by atoms with Gasteiger partial charge < -0.3 is 9.73 Å². The van der Waals surface area contributed by atoms with Gasteiger partial charge in [0.1, 0.15) is 0 Å². The van der Waals surface area contributed by atoms with E-state index in [2.05, 4.69) is 47.6 Å². The maximum Gasteiger partial charge on any atom is 0.252 e. The number of hydrogen-bond donors (Lipinski definition) is 1. The van der Waals surface area contributed by atoms with Gasteiger partial charge in [0.15, 0.2) is 0 Å². The Balaban J connectivity index is 1.47. The van der Waals surface area contributed by atoms with E-state index in [0.717, 1.165) is 6.42 Å². The van der Waals surface area contributed by atoms with Crippen LogP contribution in [0.4, 0.5) is 0 Å². The minimum absolute atomic E-state index is 0.0360. The van der Waals surface area contributed by atoms with E-state index in [1.54, 1.807) is 6.92 Å². The van der Waals surface area contributed by atoms with Gasteiger partial charge >= 0.3 is 0 Å². The number of carbonyl (C=O) groups excluding carboxylic acids is 1. The Morgan fingerprint density at radius 2 is 1.97 bits per heavy atom. The summed E-state index contributed by atoms with van der Waals surface area (Å²) in [6.07, 6.45) is 3.34. The fourth-order valence-electron chi connectivity index (χ4n) is 5.04. The van der Waals surface area contributed by atoms with Crippen LogP contribution in [0.15, 0.2) is 46.9 Å². The quantitative estimate of drug-likeness (QED) is 0.681. The number of hydrogen-bond acceptors (Lipinski definition) is 4. The number of amides is 1. The Labute approximate surface area is 170 Å². The lowest BCUT2D eigenvalue weighted by molar-refractivity contribution is 0.0936. The zero-order valence-electron chi connectivity index (χ0n) is 17.0. The van der Waals surface area contributed by atoms with Crippen molar-refractivity contribution in [3.05, 3.63) is 70.6 Å². The molecule has 2 aliphatic carbocycles. The van der Waals surface area contributed by atoms with Gasteiger partial charge in [-0.05, 0) is 59.4 Å². The molecule has 2 unspecified atom stereocenters. The lowest BCUT2D eigenvalue weighted by Crippen LogP contribution is -2.27. The third-order valence-corrected chi connectivity index (χ3v) is 6.52. The van der Waals surface area contributed by atoms with Crippen LogP contribution < -0.4 is 5.32 Å². The van der Waals surface area contributed by atoms with Gasteiger partial charge in [0.2, 0.25) is 11.8 Å². The Bertz CT molecular complexity index is 1100. The minimum atomic E-state index is -0.100. The molecular weight excluding hydrogens is 362 g/mol. The predicted octanol–water partition coefficient (Wildman–Crippen LogP) is 5.07. The molecule has 0 spiro atoms. The fourth-order valence-corrected chi connectivity index (χ4v) is 5.04. The van der Waals surface area contributed by atoms with Crippen LogP contribution in [0.1, 0.15) is 78.0 Å². The summed E-state index contributed by atoms with van der Waals surface area (Å²) in [5, 5.41) is 11.3. The van der Waals surface area contributed by atoms with E-state index in [1.807, 2.05) is 24.3 Å². The van der Waals surface area contributed by atoms with E-state index in [9.17, 15) is 4.79 Å². The van der Waals surface area contributed by atoms with Gasteiger partial charge in [-0.15, -0.1) is 10.2 Å². The smallest absolute Gasteiger partial charge is 0.252 e. The molecule has 29 heavy (non-hydrogen) atoms. The summed E-state index contributed by atoms with van der Waals surface area (Å²) < 4.78 is 5.57. The van der Waals surface area contributed by atoms with Crippen LogP contribution in [0, 0.1) is 6.92 Å². The van der Waals surface area contributed by atoms with Crippen LogP contribution in [0.5, 0.6) is 0 Å². The number of rotatable bonds is 3. The largest absolute Gasteiger partial charge is 0.421 e. The molecule has 148 valence electrons. The van der Waals surface area contributed by atoms with Crippen molar-refractivity contribution in [3.63, 3.8) is 0 Å². The van der Waals surface area contributed by atoms with Gasteiger partial charge in [-0.3, -0.25) is 4.79 Å². The summed E-state index contributed by atoms with van der Waals surface area (Å²) in [4.78, 5) is 13.2. The highest BCUT2D eigenvalue weighted by Crippen LogP contribution is 2.52. The van der Waals surface area contributed by atoms with Crippen molar-refractivity contribution in [1.82, 2.24) is 15.5 Å². The first-order valence-corrected chi connectivity index (χ1v) is 10.3. The molecular formula is C24H25N3O2. The second kappa shape index (κ2) is 6.55. The highest BCUT2D eigenvalue weighted by atomic mass is 16.4. The molecule has 5 heteroatoms. The first-order valence-electron chi connectivity index (χ1n) is 10.3. The van der Waals surface area contributed by atoms with Crippen LogP contribution in [0.3, 0.4) is 0 Å². The summed E-state index contributed by atoms with van der Waals surface area (Å²) in [5.74, 6) is 1.29. The van der Waals surface area contributed by atoms with E-state index >= 15 is 0 Å². The second-order valence-corrected chi connectivity index (χ2v) is 8.86. The Morgan fingerprint density at radius 3 is 2.76 bits per heavy atom. The molecule has 0 fully saturated rings. The van der Waals surface area contributed by atoms with Crippen molar-refractivity contribution in [3.8, 4) is 11.5 Å². The average Bonchev–Trinajstić information content (AvgIpc) is 3.30. The molecule has 3 aromatic rings. The van der Waals surface area contributed by atoms with Gasteiger partial charge in [-0.2, -0.15) is 0 Å². The number of aromatic nitrogens is 2. The molecule has 0 bridgehead atoms. The molecule has 0 saturated carbocycles. The number of nitrogens with zero attached hydrogens (tertiary/aromatic N) is 2. The standard InChI is InChI=1S/C24H25N3O2/c1-14-26-27-23(29-14)17-8-5-4-7-16(17)22(28)25-20-13-15-11-12-24(2,3)19-10-6-9-18(20)21(15)19/h4-10,15,20H,11-13H2,1-3H3,(H,25,28). The molecule has 0 aliphatic heterocycles. The average molecular weight is 387 g/mol. The summed E-state index contributed by atoms with van der Waals surface area (Å²) in [6.45, 7) is 6.40. The number of nitrogens with one attached hydrogen (secondary N) is 1. The monoisotopic (exact) mass is 387 g/mol. The van der Waals surface area contributed by atoms with E-state index in [1.165, 1.54) is 29.5 Å². The van der Waals surface area contributed by atoms with Gasteiger partial charge in [0, 0.05) is 6.92 Å². The number of benzene rings is 2. The normalized spacial score (nSPS) is 21.6. The molecule has 5 nitrogen and oxygen atoms in total. The fraction of sp³-hybridized carbons (Fsp3) is 0.375. The minimum Gasteiger partial charge on any atom is -0.421 e. The Morgan fingerprint density at radius 1 is 1.14 bits per heavy atom. The van der Waals surface area contributed by atoms with Crippen molar-refractivity contribution in [2.75, 3.05) is 0 Å². The van der Waals surface area contributed by atoms with E-state index in [4.69, 9.17) is 4.42 Å². The molecule has 2 aromatic carbocycles. The molecule has 0 saturated heterocycles. The van der Waals surface area contributed by atoms with Crippen LogP contribution in [-0.2, 0) is 5.41 Å². The van der Waals surface area contributed by atoms with Gasteiger partial charge in [0.25, 0.3) is 5.91 Å². The molecule has 1 aromatic heterocycles. The van der Waals surface area contributed by atoms with Crippen molar-refractivity contribution in [2.24, 2.45) is 0 Å². The lowest BCUT2D eigenvalue weighted by atomic mass is 9.69. The maximum atomic E-state index is 13.2. The molecule has 2 atom stereocenters. The molecule has 1 heterocycles. The highest BCUT2D eigenvalue weighted by Gasteiger charge is 2.41. The van der Waals surface area contributed by atoms with E-state index in [0.29, 0.717) is 28.8 Å². The summed E-state index contributed by atoms with van der Waals surface area (Å²) in [6, 6.07) is 14.0. The van der Waals surface area contributed by atoms with Gasteiger partial charge in [0.05, 0.1) is 17.2 Å². The van der Waals surface area contributed by atoms with E-state index < -0.39 is 0 Å².